The highest BCUT2D eigenvalue weighted by Crippen LogP contribution is 2.05. The summed E-state index contributed by atoms with van der Waals surface area (Å²) in [7, 11) is 0.262. The van der Waals surface area contributed by atoms with Crippen molar-refractivity contribution in [2.24, 2.45) is 0 Å². The van der Waals surface area contributed by atoms with E-state index in [1.807, 2.05) is 37.3 Å². The molecule has 0 N–H and O–H groups in total. The molecule has 0 aliphatic carbocycles. The molecule has 0 atom stereocenters. The topological polar surface area (TPSA) is 30.9 Å². The Labute approximate surface area is 91.3 Å². The third-order valence-electron chi connectivity index (χ3n) is 1.44. The summed E-state index contributed by atoms with van der Waals surface area (Å²) in [6.07, 6.45) is 5.45. The lowest BCUT2D eigenvalue weighted by Gasteiger charge is -2.09. The van der Waals surface area contributed by atoms with Gasteiger partial charge in [-0.1, -0.05) is 0 Å². The fourth-order valence-electron chi connectivity index (χ4n) is 0.783. The standard InChI is InChI=1S/C8H10N3.BF3.FH/c1-10(2)8-3-5-11(7-9)6-4-8;2-1(3)4;/h3-6H,1-2H3;;1H/q+1;;/p-1. The van der Waals surface area contributed by atoms with E-state index < -0.39 is 7.54 Å². The average molecular weight is 235 g/mol. The molecule has 1 aromatic heterocycles. The van der Waals surface area contributed by atoms with Gasteiger partial charge >= 0.3 is 13.7 Å². The van der Waals surface area contributed by atoms with Crippen LogP contribution >= 0.6 is 0 Å². The predicted molar refractivity (Wildman–Crippen MR) is 51.1 cm³/mol. The van der Waals surface area contributed by atoms with Gasteiger partial charge in [-0.25, -0.2) is 0 Å². The van der Waals surface area contributed by atoms with Crippen LogP contribution in [-0.2, 0) is 0 Å². The zero-order valence-corrected chi connectivity index (χ0v) is 8.74. The molecule has 0 radical (unpaired) electrons. The van der Waals surface area contributed by atoms with Crippen molar-refractivity contribution in [3.63, 3.8) is 0 Å². The SMILES string of the molecule is CN(C)c1cc[n+](C#N)cc1.FB(F)F.[F-]. The van der Waals surface area contributed by atoms with Gasteiger partial charge in [0.05, 0.1) is 0 Å². The average Bonchev–Trinajstić information content (AvgIpc) is 2.17. The van der Waals surface area contributed by atoms with Gasteiger partial charge in [-0.05, 0) is 0 Å². The summed E-state index contributed by atoms with van der Waals surface area (Å²) in [5.74, 6) is 0. The van der Waals surface area contributed by atoms with Gasteiger partial charge in [0, 0.05) is 31.9 Å². The molecule has 0 spiro atoms. The van der Waals surface area contributed by atoms with Gasteiger partial charge in [0.2, 0.25) is 0 Å². The van der Waals surface area contributed by atoms with Crippen LogP contribution in [0.5, 0.6) is 0 Å². The summed E-state index contributed by atoms with van der Waals surface area (Å²) in [6.45, 7) is 0. The maximum absolute atomic E-state index is 9.67. The molecule has 0 aliphatic heterocycles. The molecule has 0 fully saturated rings. The molecule has 0 saturated carbocycles. The molecule has 8 heteroatoms. The first-order chi connectivity index (χ1) is 6.97. The van der Waals surface area contributed by atoms with Gasteiger partial charge in [0.15, 0.2) is 5.26 Å². The molecule has 0 bridgehead atoms. The minimum atomic E-state index is -3.67. The molecule has 0 amide bonds. The number of hydrogen-bond acceptors (Lipinski definition) is 2. The van der Waals surface area contributed by atoms with E-state index >= 15 is 0 Å². The minimum Gasteiger partial charge on any atom is -1.00 e. The van der Waals surface area contributed by atoms with Crippen molar-refractivity contribution in [1.82, 2.24) is 0 Å². The first-order valence-corrected chi connectivity index (χ1v) is 3.98. The Morgan fingerprint density at radius 3 is 1.88 bits per heavy atom. The molecule has 1 rings (SSSR count). The largest absolute Gasteiger partial charge is 1.00 e. The smallest absolute Gasteiger partial charge is 0.762 e. The van der Waals surface area contributed by atoms with Crippen molar-refractivity contribution in [2.75, 3.05) is 19.0 Å². The third kappa shape index (κ3) is 7.61. The van der Waals surface area contributed by atoms with E-state index in [0.29, 0.717) is 0 Å². The molecule has 0 aromatic carbocycles. The zero-order valence-electron chi connectivity index (χ0n) is 8.74. The van der Waals surface area contributed by atoms with Crippen LogP contribution in [0.1, 0.15) is 0 Å². The minimum absolute atomic E-state index is 0. The second-order valence-electron chi connectivity index (χ2n) is 2.71. The number of halogens is 4. The highest BCUT2D eigenvalue weighted by Gasteiger charge is 2.06. The predicted octanol–water partition coefficient (Wildman–Crippen LogP) is -1.75. The van der Waals surface area contributed by atoms with Crippen LogP contribution < -0.4 is 14.2 Å². The molecule has 0 unspecified atom stereocenters. The van der Waals surface area contributed by atoms with Crippen LogP contribution in [-0.4, -0.2) is 21.6 Å². The van der Waals surface area contributed by atoms with Gasteiger partial charge in [-0.2, -0.15) is 0 Å². The molecule has 16 heavy (non-hydrogen) atoms. The quantitative estimate of drug-likeness (QED) is 0.328. The Kier molecular flexibility index (Phi) is 8.87. The van der Waals surface area contributed by atoms with E-state index in [1.165, 1.54) is 4.57 Å². The first kappa shape index (κ1) is 16.6. The Hall–Kier alpha value is -1.78. The molecule has 0 saturated heterocycles. The number of nitriles is 1. The van der Waals surface area contributed by atoms with Crippen LogP contribution in [0.2, 0.25) is 0 Å². The summed E-state index contributed by atoms with van der Waals surface area (Å²) in [5, 5.41) is 8.47. The lowest BCUT2D eigenvalue weighted by molar-refractivity contribution is -0.586. The number of pyridine rings is 1. The van der Waals surface area contributed by atoms with Crippen LogP contribution in [0.15, 0.2) is 24.5 Å². The Balaban J connectivity index is 0. The maximum Gasteiger partial charge on any atom is 0.762 e. The fraction of sp³-hybridized carbons (Fsp3) is 0.250. The molecule has 88 valence electrons. The zero-order chi connectivity index (χ0) is 11.8. The summed E-state index contributed by atoms with van der Waals surface area (Å²) >= 11 is 0. The normalized spacial score (nSPS) is 7.75. The molecule has 1 heterocycles. The van der Waals surface area contributed by atoms with Gasteiger partial charge in [-0.15, -0.1) is 4.57 Å². The van der Waals surface area contributed by atoms with Crippen LogP contribution in [0.4, 0.5) is 18.6 Å². The maximum atomic E-state index is 9.67. The van der Waals surface area contributed by atoms with E-state index in [9.17, 15) is 12.9 Å². The molecular formula is C8H10BF4N3. The highest BCUT2D eigenvalue weighted by atomic mass is 19.4. The van der Waals surface area contributed by atoms with E-state index in [2.05, 4.69) is 0 Å². The fourth-order valence-corrected chi connectivity index (χ4v) is 0.783. The van der Waals surface area contributed by atoms with Crippen molar-refractivity contribution in [3.8, 4) is 6.19 Å². The van der Waals surface area contributed by atoms with E-state index in [0.717, 1.165) is 5.69 Å². The molecule has 3 nitrogen and oxygen atoms in total. The van der Waals surface area contributed by atoms with E-state index in [1.54, 1.807) is 12.4 Å². The van der Waals surface area contributed by atoms with E-state index in [-0.39, 0.29) is 4.70 Å². The van der Waals surface area contributed by atoms with Crippen molar-refractivity contribution in [2.45, 2.75) is 0 Å². The number of rotatable bonds is 1. The summed E-state index contributed by atoms with van der Waals surface area (Å²) in [4.78, 5) is 1.99. The monoisotopic (exact) mass is 235 g/mol. The van der Waals surface area contributed by atoms with Crippen LogP contribution in [0.3, 0.4) is 0 Å². The van der Waals surface area contributed by atoms with E-state index in [4.69, 9.17) is 5.26 Å². The van der Waals surface area contributed by atoms with Crippen molar-refractivity contribution in [3.05, 3.63) is 24.5 Å². The van der Waals surface area contributed by atoms with Crippen molar-refractivity contribution in [1.29, 1.82) is 5.26 Å². The van der Waals surface area contributed by atoms with Crippen LogP contribution in [0.25, 0.3) is 0 Å². The van der Waals surface area contributed by atoms with Crippen molar-refractivity contribution >= 4 is 13.2 Å². The number of hydrogen-bond donors (Lipinski definition) is 0. The molecule has 0 aliphatic rings. The van der Waals surface area contributed by atoms with Gasteiger partial charge in [0.1, 0.15) is 12.4 Å². The Morgan fingerprint density at radius 1 is 1.25 bits per heavy atom. The summed E-state index contributed by atoms with van der Waals surface area (Å²) < 4.78 is 30.5. The Bertz CT molecular complexity index is 320. The van der Waals surface area contributed by atoms with Crippen molar-refractivity contribution < 1.29 is 22.2 Å². The Morgan fingerprint density at radius 2 is 1.62 bits per heavy atom. The second kappa shape index (κ2) is 8.53. The van der Waals surface area contributed by atoms with Gasteiger partial charge < -0.3 is 9.60 Å². The number of aromatic nitrogens is 1. The molecular weight excluding hydrogens is 225 g/mol. The van der Waals surface area contributed by atoms with Gasteiger partial charge in [-0.3, -0.25) is 12.9 Å². The number of anilines is 1. The first-order valence-electron chi connectivity index (χ1n) is 3.98. The molecule has 1 aromatic rings. The third-order valence-corrected chi connectivity index (χ3v) is 1.44. The summed E-state index contributed by atoms with van der Waals surface area (Å²) in [6, 6.07) is 3.78. The lowest BCUT2D eigenvalue weighted by Crippen LogP contribution is -3.00. The van der Waals surface area contributed by atoms with Crippen LogP contribution in [0, 0.1) is 11.5 Å². The summed E-state index contributed by atoms with van der Waals surface area (Å²) in [5.41, 5.74) is 1.09. The highest BCUT2D eigenvalue weighted by molar-refractivity contribution is 6.33. The second-order valence-corrected chi connectivity index (χ2v) is 2.71. The number of nitrogens with zero attached hydrogens (tertiary/aromatic N) is 3. The van der Waals surface area contributed by atoms with Gasteiger partial charge in [0.25, 0.3) is 0 Å². The lowest BCUT2D eigenvalue weighted by atomic mass is 10.4.